The number of urea groups is 1. The van der Waals surface area contributed by atoms with E-state index >= 15 is 0 Å². The first-order valence-corrected chi connectivity index (χ1v) is 7.21. The number of halogens is 3. The lowest BCUT2D eigenvalue weighted by molar-refractivity contribution is -0.153. The van der Waals surface area contributed by atoms with Gasteiger partial charge in [0, 0.05) is 18.8 Å². The average Bonchev–Trinajstić information content (AvgIpc) is 2.46. The van der Waals surface area contributed by atoms with E-state index in [9.17, 15) is 18.0 Å². The minimum absolute atomic E-state index is 0.105. The Morgan fingerprint density at radius 1 is 1.23 bits per heavy atom. The second-order valence-electron chi connectivity index (χ2n) is 4.79. The molecule has 0 unspecified atom stereocenters. The first-order valence-electron chi connectivity index (χ1n) is 7.21. The number of amides is 2. The summed E-state index contributed by atoms with van der Waals surface area (Å²) in [6, 6.07) is 5.59. The van der Waals surface area contributed by atoms with Crippen LogP contribution in [0.2, 0.25) is 0 Å². The first kappa shape index (κ1) is 18.1. The summed E-state index contributed by atoms with van der Waals surface area (Å²) in [5.74, 6) is 0.105. The molecule has 0 spiro atoms. The molecule has 0 aliphatic heterocycles. The van der Waals surface area contributed by atoms with Crippen LogP contribution < -0.4 is 10.1 Å². The van der Waals surface area contributed by atoms with Gasteiger partial charge in [-0.25, -0.2) is 4.79 Å². The summed E-state index contributed by atoms with van der Waals surface area (Å²) in [4.78, 5) is 13.7. The summed E-state index contributed by atoms with van der Waals surface area (Å²) in [6.45, 7) is 3.87. The molecule has 124 valence electrons. The number of unbranched alkanes of at least 4 members (excludes halogenated alkanes) is 1. The number of nitrogens with zero attached hydrogens (tertiary/aromatic N) is 1. The number of rotatable bonds is 7. The Hall–Kier alpha value is -1.92. The highest BCUT2D eigenvalue weighted by Gasteiger charge is 2.28. The summed E-state index contributed by atoms with van der Waals surface area (Å²) < 4.78 is 40.7. The molecule has 0 saturated carbocycles. The second-order valence-corrected chi connectivity index (χ2v) is 4.79. The minimum atomic E-state index is -4.37. The Labute approximate surface area is 128 Å². The SMILES string of the molecule is CCCCN(CC)C(=O)Nc1ccc(OCC(F)(F)F)cc1. The maximum absolute atomic E-state index is 12.0. The molecule has 2 amide bonds. The summed E-state index contributed by atoms with van der Waals surface area (Å²) >= 11 is 0. The molecule has 1 rings (SSSR count). The fraction of sp³-hybridized carbons (Fsp3) is 0.533. The molecular formula is C15H21F3N2O2. The number of ether oxygens (including phenoxy) is 1. The van der Waals surface area contributed by atoms with Crippen molar-refractivity contribution in [2.45, 2.75) is 32.9 Å². The van der Waals surface area contributed by atoms with Crippen molar-refractivity contribution < 1.29 is 22.7 Å². The smallest absolute Gasteiger partial charge is 0.422 e. The standard InChI is InChI=1S/C15H21F3N2O2/c1-3-5-10-20(4-2)14(21)19-12-6-8-13(9-7-12)22-11-15(16,17)18/h6-9H,3-5,10-11H2,1-2H3,(H,19,21). The minimum Gasteiger partial charge on any atom is -0.484 e. The van der Waals surface area contributed by atoms with Gasteiger partial charge < -0.3 is 15.0 Å². The number of anilines is 1. The van der Waals surface area contributed by atoms with E-state index < -0.39 is 12.8 Å². The van der Waals surface area contributed by atoms with Crippen molar-refractivity contribution in [1.82, 2.24) is 4.90 Å². The monoisotopic (exact) mass is 318 g/mol. The summed E-state index contributed by atoms with van der Waals surface area (Å²) in [6.07, 6.45) is -2.45. The zero-order valence-corrected chi connectivity index (χ0v) is 12.7. The zero-order valence-electron chi connectivity index (χ0n) is 12.7. The third kappa shape index (κ3) is 6.69. The Kier molecular flexibility index (Phi) is 7.01. The van der Waals surface area contributed by atoms with Crippen LogP contribution in [0, 0.1) is 0 Å². The lowest BCUT2D eigenvalue weighted by atomic mass is 10.3. The van der Waals surface area contributed by atoms with Crippen LogP contribution in [0.1, 0.15) is 26.7 Å². The highest BCUT2D eigenvalue weighted by atomic mass is 19.4. The maximum Gasteiger partial charge on any atom is 0.422 e. The third-order valence-corrected chi connectivity index (χ3v) is 2.96. The van der Waals surface area contributed by atoms with E-state index in [1.807, 2.05) is 13.8 Å². The molecule has 1 N–H and O–H groups in total. The average molecular weight is 318 g/mol. The maximum atomic E-state index is 12.0. The number of carbonyl (C=O) groups excluding carboxylic acids is 1. The fourth-order valence-corrected chi connectivity index (χ4v) is 1.75. The van der Waals surface area contributed by atoms with Crippen LogP contribution in [0.3, 0.4) is 0 Å². The van der Waals surface area contributed by atoms with Crippen LogP contribution >= 0.6 is 0 Å². The molecule has 0 atom stereocenters. The van der Waals surface area contributed by atoms with Gasteiger partial charge in [0.25, 0.3) is 0 Å². The van der Waals surface area contributed by atoms with Crippen LogP contribution in [-0.4, -0.2) is 36.8 Å². The van der Waals surface area contributed by atoms with Gasteiger partial charge in [0.1, 0.15) is 5.75 Å². The summed E-state index contributed by atoms with van der Waals surface area (Å²) in [5, 5.41) is 2.71. The molecule has 0 saturated heterocycles. The van der Waals surface area contributed by atoms with Gasteiger partial charge in [-0.2, -0.15) is 13.2 Å². The van der Waals surface area contributed by atoms with Gasteiger partial charge in [0.05, 0.1) is 0 Å². The van der Waals surface area contributed by atoms with Gasteiger partial charge in [-0.1, -0.05) is 13.3 Å². The molecular weight excluding hydrogens is 297 g/mol. The van der Waals surface area contributed by atoms with E-state index in [1.54, 1.807) is 4.90 Å². The van der Waals surface area contributed by atoms with E-state index in [4.69, 9.17) is 0 Å². The molecule has 0 bridgehead atoms. The molecule has 0 aliphatic rings. The van der Waals surface area contributed by atoms with Crippen LogP contribution in [0.25, 0.3) is 0 Å². The Balaban J connectivity index is 2.54. The molecule has 4 nitrogen and oxygen atoms in total. The van der Waals surface area contributed by atoms with Crippen molar-refractivity contribution >= 4 is 11.7 Å². The molecule has 0 fully saturated rings. The lowest BCUT2D eigenvalue weighted by Gasteiger charge is -2.21. The highest BCUT2D eigenvalue weighted by Crippen LogP contribution is 2.20. The van der Waals surface area contributed by atoms with Gasteiger partial charge >= 0.3 is 12.2 Å². The molecule has 0 radical (unpaired) electrons. The fourth-order valence-electron chi connectivity index (χ4n) is 1.75. The van der Waals surface area contributed by atoms with Crippen LogP contribution in [0.15, 0.2) is 24.3 Å². The van der Waals surface area contributed by atoms with Crippen molar-refractivity contribution in [3.8, 4) is 5.75 Å². The van der Waals surface area contributed by atoms with E-state index in [0.29, 0.717) is 18.8 Å². The largest absolute Gasteiger partial charge is 0.484 e. The van der Waals surface area contributed by atoms with E-state index in [2.05, 4.69) is 10.1 Å². The van der Waals surface area contributed by atoms with Crippen molar-refractivity contribution in [2.75, 3.05) is 25.0 Å². The van der Waals surface area contributed by atoms with Gasteiger partial charge in [-0.15, -0.1) is 0 Å². The van der Waals surface area contributed by atoms with E-state index in [0.717, 1.165) is 12.8 Å². The topological polar surface area (TPSA) is 41.6 Å². The van der Waals surface area contributed by atoms with Crippen molar-refractivity contribution in [1.29, 1.82) is 0 Å². The number of alkyl halides is 3. The first-order chi connectivity index (χ1) is 10.4. The Bertz CT molecular complexity index is 461. The van der Waals surface area contributed by atoms with Gasteiger partial charge in [-0.3, -0.25) is 0 Å². The van der Waals surface area contributed by atoms with Gasteiger partial charge in [-0.05, 0) is 37.6 Å². The van der Waals surface area contributed by atoms with Crippen molar-refractivity contribution in [3.63, 3.8) is 0 Å². The second kappa shape index (κ2) is 8.51. The molecule has 7 heteroatoms. The third-order valence-electron chi connectivity index (χ3n) is 2.96. The van der Waals surface area contributed by atoms with Gasteiger partial charge in [0.15, 0.2) is 6.61 Å². The van der Waals surface area contributed by atoms with Crippen molar-refractivity contribution in [2.24, 2.45) is 0 Å². The molecule has 22 heavy (non-hydrogen) atoms. The molecule has 0 aliphatic carbocycles. The number of benzene rings is 1. The van der Waals surface area contributed by atoms with Gasteiger partial charge in [0.2, 0.25) is 0 Å². The Morgan fingerprint density at radius 3 is 2.36 bits per heavy atom. The normalized spacial score (nSPS) is 11.1. The number of nitrogens with one attached hydrogen (secondary N) is 1. The predicted octanol–water partition coefficient (Wildman–Crippen LogP) is 4.28. The quantitative estimate of drug-likeness (QED) is 0.815. The number of hydrogen-bond donors (Lipinski definition) is 1. The number of carbonyl (C=O) groups is 1. The summed E-state index contributed by atoms with van der Waals surface area (Å²) in [5.41, 5.74) is 0.513. The van der Waals surface area contributed by atoms with Crippen LogP contribution in [0.5, 0.6) is 5.75 Å². The van der Waals surface area contributed by atoms with Crippen molar-refractivity contribution in [3.05, 3.63) is 24.3 Å². The summed E-state index contributed by atoms with van der Waals surface area (Å²) in [7, 11) is 0. The predicted molar refractivity (Wildman–Crippen MR) is 79.2 cm³/mol. The molecule has 0 heterocycles. The van der Waals surface area contributed by atoms with Crippen LogP contribution in [-0.2, 0) is 0 Å². The Morgan fingerprint density at radius 2 is 1.86 bits per heavy atom. The molecule has 1 aromatic rings. The number of hydrogen-bond acceptors (Lipinski definition) is 2. The zero-order chi connectivity index (χ0) is 16.6. The van der Waals surface area contributed by atoms with Crippen LogP contribution in [0.4, 0.5) is 23.7 Å². The highest BCUT2D eigenvalue weighted by molar-refractivity contribution is 5.89. The molecule has 0 aromatic heterocycles. The lowest BCUT2D eigenvalue weighted by Crippen LogP contribution is -2.35. The molecule has 1 aromatic carbocycles. The van der Waals surface area contributed by atoms with E-state index in [-0.39, 0.29) is 11.8 Å². The van der Waals surface area contributed by atoms with E-state index in [1.165, 1.54) is 24.3 Å².